The molecule has 1 aliphatic carbocycles. The molecule has 2 aromatic carbocycles. The van der Waals surface area contributed by atoms with Gasteiger partial charge in [0.05, 0.1) is 12.3 Å². The minimum absolute atomic E-state index is 0.0258. The second kappa shape index (κ2) is 8.01. The van der Waals surface area contributed by atoms with Crippen LogP contribution < -0.4 is 10.4 Å². The van der Waals surface area contributed by atoms with E-state index < -0.39 is 5.91 Å². The van der Waals surface area contributed by atoms with Gasteiger partial charge >= 0.3 is 0 Å². The number of nitrogens with zero attached hydrogens (tertiary/aromatic N) is 1. The van der Waals surface area contributed by atoms with Crippen LogP contribution in [0.1, 0.15) is 34.3 Å². The number of anilines is 1. The number of rotatable bonds is 4. The molecule has 1 heterocycles. The monoisotopic (exact) mass is 390 g/mol. The molecule has 2 unspecified atom stereocenters. The van der Waals surface area contributed by atoms with Gasteiger partial charge in [0.15, 0.2) is 5.78 Å². The van der Waals surface area contributed by atoms with Crippen molar-refractivity contribution in [1.29, 1.82) is 0 Å². The Balaban J connectivity index is 1.66. The van der Waals surface area contributed by atoms with Crippen LogP contribution in [0.25, 0.3) is 0 Å². The topological polar surface area (TPSA) is 86.7 Å². The molecule has 148 valence electrons. The summed E-state index contributed by atoms with van der Waals surface area (Å²) >= 11 is 0. The molecule has 6 nitrogen and oxygen atoms in total. The number of fused-ring (bicyclic) bond motifs is 1. The van der Waals surface area contributed by atoms with Gasteiger partial charge in [-0.1, -0.05) is 36.4 Å². The minimum Gasteiger partial charge on any atom is -0.363 e. The fraction of sp³-hybridized carbons (Fsp3) is 0.261. The van der Waals surface area contributed by atoms with Gasteiger partial charge in [-0.25, -0.2) is 5.48 Å². The Hall–Kier alpha value is -3.25. The first-order chi connectivity index (χ1) is 14.1. The summed E-state index contributed by atoms with van der Waals surface area (Å²) < 4.78 is 0. The first-order valence-corrected chi connectivity index (χ1v) is 9.68. The number of para-hydroxylation sites is 1. The summed E-state index contributed by atoms with van der Waals surface area (Å²) in [4.78, 5) is 38.0. The minimum atomic E-state index is -0.555. The summed E-state index contributed by atoms with van der Waals surface area (Å²) in [6.07, 6.45) is 4.98. The number of amides is 1. The number of carbonyl (C=O) groups is 3. The molecule has 0 spiro atoms. The molecule has 0 saturated carbocycles. The van der Waals surface area contributed by atoms with E-state index in [1.54, 1.807) is 23.7 Å². The van der Waals surface area contributed by atoms with Crippen molar-refractivity contribution >= 4 is 23.2 Å². The van der Waals surface area contributed by atoms with E-state index in [2.05, 4.69) is 17.0 Å². The molecule has 0 radical (unpaired) electrons. The molecule has 0 fully saturated rings. The lowest BCUT2D eigenvalue weighted by molar-refractivity contribution is -0.127. The van der Waals surface area contributed by atoms with E-state index in [-0.39, 0.29) is 29.9 Å². The summed E-state index contributed by atoms with van der Waals surface area (Å²) in [5.74, 6) is -1.02. The van der Waals surface area contributed by atoms with Gasteiger partial charge in [-0.3, -0.25) is 19.6 Å². The average Bonchev–Trinajstić information content (AvgIpc) is 2.74. The molecule has 4 rings (SSSR count). The van der Waals surface area contributed by atoms with Gasteiger partial charge < -0.3 is 4.90 Å². The maximum Gasteiger partial charge on any atom is 0.274 e. The summed E-state index contributed by atoms with van der Waals surface area (Å²) in [5, 5.41) is 8.78. The van der Waals surface area contributed by atoms with Crippen LogP contribution in [-0.4, -0.2) is 28.7 Å². The predicted octanol–water partition coefficient (Wildman–Crippen LogP) is 2.84. The highest BCUT2D eigenvalue weighted by Gasteiger charge is 2.36. The van der Waals surface area contributed by atoms with Crippen molar-refractivity contribution in [3.63, 3.8) is 0 Å². The van der Waals surface area contributed by atoms with Gasteiger partial charge in [0.25, 0.3) is 5.91 Å². The Morgan fingerprint density at radius 3 is 2.59 bits per heavy atom. The van der Waals surface area contributed by atoms with Crippen LogP contribution in [0.15, 0.2) is 60.7 Å². The van der Waals surface area contributed by atoms with Crippen molar-refractivity contribution in [1.82, 2.24) is 5.48 Å². The smallest absolute Gasteiger partial charge is 0.274 e. The number of Topliss-reactive ketones (excluding diaryl/α,β-unsaturated/α-hetero) is 1. The van der Waals surface area contributed by atoms with Crippen molar-refractivity contribution in [2.45, 2.75) is 31.8 Å². The molecule has 29 heavy (non-hydrogen) atoms. The number of hydrogen-bond acceptors (Lipinski definition) is 5. The fourth-order valence-electron chi connectivity index (χ4n) is 4.25. The zero-order chi connectivity index (χ0) is 20.4. The third kappa shape index (κ3) is 3.84. The molecule has 0 bridgehead atoms. The normalized spacial score (nSPS) is 21.1. The van der Waals surface area contributed by atoms with E-state index in [1.165, 1.54) is 11.6 Å². The molecule has 6 heteroatoms. The number of benzene rings is 2. The molecule has 2 atom stereocenters. The van der Waals surface area contributed by atoms with Gasteiger partial charge in [-0.2, -0.15) is 0 Å². The molecule has 0 aromatic heterocycles. The number of allylic oxidation sites excluding steroid dienone is 1. The molecule has 2 N–H and O–H groups in total. The van der Waals surface area contributed by atoms with Crippen LogP contribution >= 0.6 is 0 Å². The number of hydrogen-bond donors (Lipinski definition) is 2. The van der Waals surface area contributed by atoms with Gasteiger partial charge in [0.1, 0.15) is 5.78 Å². The van der Waals surface area contributed by atoms with Gasteiger partial charge in [0.2, 0.25) is 0 Å². The van der Waals surface area contributed by atoms with Crippen LogP contribution in [0.5, 0.6) is 0 Å². The summed E-state index contributed by atoms with van der Waals surface area (Å²) in [6, 6.07) is 15.2. The maximum absolute atomic E-state index is 12.6. The highest BCUT2D eigenvalue weighted by atomic mass is 16.5. The second-order valence-electron chi connectivity index (χ2n) is 7.49. The van der Waals surface area contributed by atoms with E-state index in [0.29, 0.717) is 12.1 Å². The van der Waals surface area contributed by atoms with Gasteiger partial charge in [-0.15, -0.1) is 0 Å². The number of ketones is 2. The van der Waals surface area contributed by atoms with E-state index in [0.717, 1.165) is 24.1 Å². The van der Waals surface area contributed by atoms with Crippen LogP contribution in [0.4, 0.5) is 5.69 Å². The van der Waals surface area contributed by atoms with E-state index >= 15 is 0 Å². The molecule has 2 aliphatic rings. The Morgan fingerprint density at radius 1 is 1.10 bits per heavy atom. The third-order valence-corrected chi connectivity index (χ3v) is 5.71. The van der Waals surface area contributed by atoms with E-state index in [9.17, 15) is 14.4 Å². The molecular formula is C23H22N2O4. The highest BCUT2D eigenvalue weighted by Crippen LogP contribution is 2.36. The summed E-state index contributed by atoms with van der Waals surface area (Å²) in [7, 11) is 0. The van der Waals surface area contributed by atoms with Crippen molar-refractivity contribution in [3.05, 3.63) is 77.4 Å². The first kappa shape index (κ1) is 19.1. The lowest BCUT2D eigenvalue weighted by Crippen LogP contribution is -2.46. The zero-order valence-electron chi connectivity index (χ0n) is 15.9. The quantitative estimate of drug-likeness (QED) is 0.476. The van der Waals surface area contributed by atoms with Crippen LogP contribution in [0.2, 0.25) is 0 Å². The van der Waals surface area contributed by atoms with E-state index in [1.807, 2.05) is 24.3 Å². The predicted molar refractivity (Wildman–Crippen MR) is 108 cm³/mol. The average molecular weight is 390 g/mol. The number of nitrogens with one attached hydrogen (secondary N) is 1. The van der Waals surface area contributed by atoms with Crippen molar-refractivity contribution in [2.24, 2.45) is 5.92 Å². The zero-order valence-corrected chi connectivity index (χ0v) is 15.9. The standard InChI is InChI=1S/C23H22N2O4/c26-18-10-11-19(22(27)13-18)21-12-9-16-3-1-2-4-20(16)25(21)14-15-5-7-17(8-6-15)23(28)24-29/h1-8,10-11,19,21,29H,9,12-14H2,(H,24,28). The summed E-state index contributed by atoms with van der Waals surface area (Å²) in [5.41, 5.74) is 5.33. The van der Waals surface area contributed by atoms with Crippen LogP contribution in [-0.2, 0) is 22.6 Å². The van der Waals surface area contributed by atoms with Crippen molar-refractivity contribution < 1.29 is 19.6 Å². The molecule has 0 saturated heterocycles. The Bertz CT molecular complexity index is 981. The van der Waals surface area contributed by atoms with Crippen LogP contribution in [0, 0.1) is 5.92 Å². The molecular weight excluding hydrogens is 368 g/mol. The SMILES string of the molecule is O=C1C=CC(C2CCc3ccccc3N2Cc2ccc(C(=O)NO)cc2)C(=O)C1. The number of aryl methyl sites for hydroxylation is 1. The summed E-state index contributed by atoms with van der Waals surface area (Å²) in [6.45, 7) is 0.578. The fourth-order valence-corrected chi connectivity index (χ4v) is 4.25. The first-order valence-electron chi connectivity index (χ1n) is 9.68. The second-order valence-corrected chi connectivity index (χ2v) is 7.49. The molecule has 1 amide bonds. The number of carbonyl (C=O) groups excluding carboxylic acids is 3. The van der Waals surface area contributed by atoms with E-state index in [4.69, 9.17) is 5.21 Å². The third-order valence-electron chi connectivity index (χ3n) is 5.71. The largest absolute Gasteiger partial charge is 0.363 e. The van der Waals surface area contributed by atoms with Gasteiger partial charge in [-0.05, 0) is 48.2 Å². The molecule has 2 aromatic rings. The van der Waals surface area contributed by atoms with Crippen molar-refractivity contribution in [2.75, 3.05) is 4.90 Å². The lowest BCUT2D eigenvalue weighted by Gasteiger charge is -2.42. The molecule has 1 aliphatic heterocycles. The Morgan fingerprint density at radius 2 is 1.86 bits per heavy atom. The Labute approximate surface area is 168 Å². The van der Waals surface area contributed by atoms with Gasteiger partial charge in [0, 0.05) is 23.8 Å². The Kier molecular flexibility index (Phi) is 5.27. The number of hydroxylamine groups is 1. The maximum atomic E-state index is 12.6. The highest BCUT2D eigenvalue weighted by molar-refractivity contribution is 6.08. The van der Waals surface area contributed by atoms with Crippen molar-refractivity contribution in [3.8, 4) is 0 Å². The van der Waals surface area contributed by atoms with Crippen LogP contribution in [0.3, 0.4) is 0 Å². The lowest BCUT2D eigenvalue weighted by atomic mass is 9.81.